The minimum atomic E-state index is -0.381. The summed E-state index contributed by atoms with van der Waals surface area (Å²) >= 11 is 0. The number of hydrogen-bond acceptors (Lipinski definition) is 3. The molecule has 0 saturated carbocycles. The summed E-state index contributed by atoms with van der Waals surface area (Å²) in [5.41, 5.74) is 1.59. The highest BCUT2D eigenvalue weighted by molar-refractivity contribution is 5.86. The number of ether oxygens (including phenoxy) is 2. The normalized spacial score (nSPS) is 10.6. The van der Waals surface area contributed by atoms with Gasteiger partial charge >= 0.3 is 0 Å². The second-order valence-electron chi connectivity index (χ2n) is 4.73. The van der Waals surface area contributed by atoms with Gasteiger partial charge in [-0.05, 0) is 42.8 Å². The minimum absolute atomic E-state index is 0.198. The molecule has 1 aromatic heterocycles. The lowest BCUT2D eigenvalue weighted by molar-refractivity contribution is 0.415. The average molecular weight is 283 g/mol. The third-order valence-corrected chi connectivity index (χ3v) is 3.22. The Labute approximate surface area is 122 Å². The number of fused-ring (bicyclic) bond motifs is 1. The summed E-state index contributed by atoms with van der Waals surface area (Å²) in [6.07, 6.45) is 1.63. The Hall–Kier alpha value is -2.62. The van der Waals surface area contributed by atoms with Crippen molar-refractivity contribution in [2.24, 2.45) is 0 Å². The Kier molecular flexibility index (Phi) is 3.44. The Morgan fingerprint density at radius 2 is 1.86 bits per heavy atom. The summed E-state index contributed by atoms with van der Waals surface area (Å²) in [6.45, 7) is 1.83. The van der Waals surface area contributed by atoms with Gasteiger partial charge in [0.05, 0.1) is 12.6 Å². The van der Waals surface area contributed by atoms with Gasteiger partial charge in [-0.25, -0.2) is 4.39 Å². The first-order valence-electron chi connectivity index (χ1n) is 6.54. The van der Waals surface area contributed by atoms with E-state index in [4.69, 9.17) is 9.47 Å². The van der Waals surface area contributed by atoms with Crippen LogP contribution in [0.2, 0.25) is 0 Å². The van der Waals surface area contributed by atoms with Crippen LogP contribution in [-0.4, -0.2) is 12.1 Å². The topological polar surface area (TPSA) is 31.4 Å². The van der Waals surface area contributed by atoms with E-state index in [0.717, 1.165) is 16.5 Å². The lowest BCUT2D eigenvalue weighted by Gasteiger charge is -2.10. The van der Waals surface area contributed by atoms with Gasteiger partial charge in [-0.15, -0.1) is 0 Å². The maximum atomic E-state index is 13.9. The molecule has 0 aliphatic rings. The first-order valence-corrected chi connectivity index (χ1v) is 6.54. The zero-order valence-corrected chi connectivity index (χ0v) is 11.8. The van der Waals surface area contributed by atoms with Crippen LogP contribution in [0.5, 0.6) is 17.2 Å². The molecule has 3 rings (SSSR count). The maximum absolute atomic E-state index is 13.9. The largest absolute Gasteiger partial charge is 0.497 e. The van der Waals surface area contributed by atoms with E-state index >= 15 is 0 Å². The van der Waals surface area contributed by atoms with E-state index in [1.54, 1.807) is 25.4 Å². The van der Waals surface area contributed by atoms with Crippen molar-refractivity contribution in [1.29, 1.82) is 0 Å². The summed E-state index contributed by atoms with van der Waals surface area (Å²) in [7, 11) is 1.60. The number of hydrogen-bond donors (Lipinski definition) is 0. The molecule has 0 aliphatic carbocycles. The van der Waals surface area contributed by atoms with Gasteiger partial charge < -0.3 is 9.47 Å². The van der Waals surface area contributed by atoms with E-state index in [1.807, 2.05) is 31.2 Å². The molecule has 0 amide bonds. The fourth-order valence-electron chi connectivity index (χ4n) is 2.12. The van der Waals surface area contributed by atoms with Crippen LogP contribution in [0.1, 0.15) is 5.56 Å². The molecular formula is C17H14FNO2. The predicted octanol–water partition coefficient (Wildman–Crippen LogP) is 4.48. The van der Waals surface area contributed by atoms with Crippen molar-refractivity contribution in [2.75, 3.05) is 7.11 Å². The lowest BCUT2D eigenvalue weighted by atomic mass is 10.2. The number of halogens is 1. The van der Waals surface area contributed by atoms with E-state index in [2.05, 4.69) is 4.98 Å². The molecule has 1 heterocycles. The van der Waals surface area contributed by atoms with Crippen molar-refractivity contribution < 1.29 is 13.9 Å². The summed E-state index contributed by atoms with van der Waals surface area (Å²) in [5.74, 6) is 1.09. The Morgan fingerprint density at radius 1 is 1.00 bits per heavy atom. The van der Waals surface area contributed by atoms with Crippen LogP contribution in [0.15, 0.2) is 48.7 Å². The molecule has 0 atom stereocenters. The van der Waals surface area contributed by atoms with Gasteiger partial charge in [0.1, 0.15) is 11.5 Å². The molecule has 2 aromatic carbocycles. The van der Waals surface area contributed by atoms with E-state index in [1.165, 1.54) is 6.07 Å². The zero-order valence-electron chi connectivity index (χ0n) is 11.8. The molecule has 0 radical (unpaired) electrons. The monoisotopic (exact) mass is 283 g/mol. The first-order chi connectivity index (χ1) is 10.2. The molecule has 0 N–H and O–H groups in total. The molecule has 0 saturated heterocycles. The van der Waals surface area contributed by atoms with Gasteiger partial charge in [0, 0.05) is 17.6 Å². The van der Waals surface area contributed by atoms with Crippen molar-refractivity contribution in [3.8, 4) is 17.2 Å². The lowest BCUT2D eigenvalue weighted by Crippen LogP contribution is -1.91. The van der Waals surface area contributed by atoms with Crippen LogP contribution in [0.3, 0.4) is 0 Å². The zero-order chi connectivity index (χ0) is 14.8. The molecule has 0 bridgehead atoms. The second-order valence-corrected chi connectivity index (χ2v) is 4.73. The third kappa shape index (κ3) is 2.65. The van der Waals surface area contributed by atoms with Gasteiger partial charge in [-0.2, -0.15) is 0 Å². The minimum Gasteiger partial charge on any atom is -0.497 e. The smallest absolute Gasteiger partial charge is 0.165 e. The molecule has 0 unspecified atom stereocenters. The predicted molar refractivity (Wildman–Crippen MR) is 79.5 cm³/mol. The van der Waals surface area contributed by atoms with E-state index < -0.39 is 0 Å². The number of pyridine rings is 1. The van der Waals surface area contributed by atoms with Gasteiger partial charge in [0.2, 0.25) is 0 Å². The fraction of sp³-hybridized carbons (Fsp3) is 0.118. The van der Waals surface area contributed by atoms with Crippen LogP contribution in [-0.2, 0) is 0 Å². The van der Waals surface area contributed by atoms with Gasteiger partial charge in [-0.3, -0.25) is 4.98 Å². The van der Waals surface area contributed by atoms with Crippen molar-refractivity contribution in [2.45, 2.75) is 6.92 Å². The maximum Gasteiger partial charge on any atom is 0.165 e. The molecule has 4 heteroatoms. The average Bonchev–Trinajstić information content (AvgIpc) is 2.49. The Balaban J connectivity index is 2.04. The van der Waals surface area contributed by atoms with E-state index in [-0.39, 0.29) is 11.6 Å². The highest BCUT2D eigenvalue weighted by Gasteiger charge is 2.09. The van der Waals surface area contributed by atoms with Gasteiger partial charge in [0.25, 0.3) is 0 Å². The number of rotatable bonds is 3. The van der Waals surface area contributed by atoms with Crippen LogP contribution < -0.4 is 9.47 Å². The van der Waals surface area contributed by atoms with Crippen molar-refractivity contribution in [3.63, 3.8) is 0 Å². The molecule has 0 spiro atoms. The van der Waals surface area contributed by atoms with Crippen LogP contribution in [0.25, 0.3) is 10.9 Å². The Morgan fingerprint density at radius 3 is 2.62 bits per heavy atom. The van der Waals surface area contributed by atoms with Crippen molar-refractivity contribution >= 4 is 10.9 Å². The summed E-state index contributed by atoms with van der Waals surface area (Å²) < 4.78 is 24.8. The number of aryl methyl sites for hydroxylation is 1. The van der Waals surface area contributed by atoms with Crippen molar-refractivity contribution in [3.05, 3.63) is 60.0 Å². The summed E-state index contributed by atoms with van der Waals surface area (Å²) in [5, 5.41) is 0.804. The van der Waals surface area contributed by atoms with Crippen LogP contribution in [0.4, 0.5) is 4.39 Å². The molecule has 106 valence electrons. The fourth-order valence-corrected chi connectivity index (χ4v) is 2.12. The Bertz CT molecular complexity index is 802. The number of aromatic nitrogens is 1. The molecular weight excluding hydrogens is 269 g/mol. The number of methoxy groups -OCH3 is 1. The van der Waals surface area contributed by atoms with Gasteiger partial charge in [0.15, 0.2) is 11.6 Å². The standard InChI is InChI=1S/C17H14FNO2/c1-11-3-6-17(14(18)9-11)21-16-7-8-19-15-10-12(20-2)4-5-13(15)16/h3-10H,1-2H3. The van der Waals surface area contributed by atoms with E-state index in [0.29, 0.717) is 11.5 Å². The third-order valence-electron chi connectivity index (χ3n) is 3.22. The summed E-state index contributed by atoms with van der Waals surface area (Å²) in [6, 6.07) is 12.1. The van der Waals surface area contributed by atoms with Crippen molar-refractivity contribution in [1.82, 2.24) is 4.98 Å². The quantitative estimate of drug-likeness (QED) is 0.710. The molecule has 3 nitrogen and oxygen atoms in total. The highest BCUT2D eigenvalue weighted by Crippen LogP contribution is 2.32. The number of benzene rings is 2. The molecule has 3 aromatic rings. The van der Waals surface area contributed by atoms with Gasteiger partial charge in [-0.1, -0.05) is 6.07 Å². The van der Waals surface area contributed by atoms with E-state index in [9.17, 15) is 4.39 Å². The van der Waals surface area contributed by atoms with Crippen LogP contribution in [0, 0.1) is 12.7 Å². The molecule has 0 fully saturated rings. The second kappa shape index (κ2) is 5.40. The van der Waals surface area contributed by atoms with Crippen LogP contribution >= 0.6 is 0 Å². The summed E-state index contributed by atoms with van der Waals surface area (Å²) in [4.78, 5) is 4.27. The number of nitrogens with zero attached hydrogens (tertiary/aromatic N) is 1. The first kappa shape index (κ1) is 13.4. The molecule has 21 heavy (non-hydrogen) atoms. The SMILES string of the molecule is COc1ccc2c(Oc3ccc(C)cc3F)ccnc2c1. The highest BCUT2D eigenvalue weighted by atomic mass is 19.1. The molecule has 0 aliphatic heterocycles.